The number of aromatic nitrogens is 2. The lowest BCUT2D eigenvalue weighted by Crippen LogP contribution is -2.15. The summed E-state index contributed by atoms with van der Waals surface area (Å²) in [5, 5.41) is 5.89. The Bertz CT molecular complexity index is 1030. The minimum atomic E-state index is -0.400. The maximum atomic E-state index is 12.5. The molecule has 148 valence electrons. The van der Waals surface area contributed by atoms with Crippen LogP contribution < -0.4 is 10.6 Å². The van der Waals surface area contributed by atoms with Crippen molar-refractivity contribution in [3.8, 4) is 0 Å². The zero-order valence-corrected chi connectivity index (χ0v) is 16.5. The first-order valence-corrected chi connectivity index (χ1v) is 9.22. The summed E-state index contributed by atoms with van der Waals surface area (Å²) in [6.45, 7) is 6.07. The van der Waals surface area contributed by atoms with Crippen molar-refractivity contribution in [2.75, 3.05) is 17.2 Å². The van der Waals surface area contributed by atoms with E-state index in [1.165, 1.54) is 12.3 Å². The number of carbonyl (C=O) groups excluding carboxylic acids is 2. The summed E-state index contributed by atoms with van der Waals surface area (Å²) in [5.41, 5.74) is 4.29. The molecule has 0 aliphatic heterocycles. The molecule has 0 radical (unpaired) electrons. The Morgan fingerprint density at radius 3 is 2.48 bits per heavy atom. The van der Waals surface area contributed by atoms with Gasteiger partial charge in [0.25, 0.3) is 5.91 Å². The molecular formula is C22H22N4O3. The zero-order valence-electron chi connectivity index (χ0n) is 16.5. The molecule has 1 amide bonds. The van der Waals surface area contributed by atoms with Crippen molar-refractivity contribution in [3.05, 3.63) is 77.1 Å². The number of benzene rings is 2. The molecule has 7 heteroatoms. The molecule has 3 aromatic rings. The molecule has 2 N–H and O–H groups in total. The van der Waals surface area contributed by atoms with Crippen LogP contribution in [0, 0.1) is 13.8 Å². The highest BCUT2D eigenvalue weighted by Crippen LogP contribution is 2.19. The number of esters is 1. The molecule has 0 fully saturated rings. The van der Waals surface area contributed by atoms with Gasteiger partial charge in [0.2, 0.25) is 5.95 Å². The van der Waals surface area contributed by atoms with Crippen molar-refractivity contribution < 1.29 is 14.3 Å². The van der Waals surface area contributed by atoms with Crippen molar-refractivity contribution in [1.82, 2.24) is 9.97 Å². The fraction of sp³-hybridized carbons (Fsp3) is 0.182. The van der Waals surface area contributed by atoms with Gasteiger partial charge in [-0.25, -0.2) is 14.8 Å². The first-order chi connectivity index (χ1) is 14.0. The minimum Gasteiger partial charge on any atom is -0.462 e. The third-order valence-corrected chi connectivity index (χ3v) is 4.17. The molecule has 29 heavy (non-hydrogen) atoms. The predicted molar refractivity (Wildman–Crippen MR) is 112 cm³/mol. The lowest BCUT2D eigenvalue weighted by Gasteiger charge is -2.10. The fourth-order valence-electron chi connectivity index (χ4n) is 2.72. The van der Waals surface area contributed by atoms with Crippen LogP contribution in [0.3, 0.4) is 0 Å². The highest BCUT2D eigenvalue weighted by molar-refractivity contribution is 6.03. The summed E-state index contributed by atoms with van der Waals surface area (Å²) in [5.74, 6) is -0.439. The fourth-order valence-corrected chi connectivity index (χ4v) is 2.72. The third kappa shape index (κ3) is 5.16. The second-order valence-electron chi connectivity index (χ2n) is 6.46. The van der Waals surface area contributed by atoms with Crippen LogP contribution >= 0.6 is 0 Å². The van der Waals surface area contributed by atoms with Gasteiger partial charge in [-0.05, 0) is 62.7 Å². The van der Waals surface area contributed by atoms with Crippen LogP contribution in [0.5, 0.6) is 0 Å². The maximum Gasteiger partial charge on any atom is 0.338 e. The van der Waals surface area contributed by atoms with E-state index in [9.17, 15) is 9.59 Å². The van der Waals surface area contributed by atoms with E-state index in [0.717, 1.165) is 16.8 Å². The van der Waals surface area contributed by atoms with Crippen molar-refractivity contribution in [1.29, 1.82) is 0 Å². The molecule has 1 aromatic heterocycles. The van der Waals surface area contributed by atoms with Gasteiger partial charge in [-0.3, -0.25) is 4.79 Å². The van der Waals surface area contributed by atoms with E-state index in [0.29, 0.717) is 23.8 Å². The van der Waals surface area contributed by atoms with E-state index in [2.05, 4.69) is 26.7 Å². The second kappa shape index (κ2) is 8.97. The topological polar surface area (TPSA) is 93.2 Å². The molecule has 0 aliphatic rings. The number of hydrogen-bond donors (Lipinski definition) is 2. The van der Waals surface area contributed by atoms with Gasteiger partial charge in [-0.2, -0.15) is 0 Å². The molecule has 0 bridgehead atoms. The molecule has 2 aromatic carbocycles. The van der Waals surface area contributed by atoms with E-state index in [1.807, 2.05) is 26.0 Å². The highest BCUT2D eigenvalue weighted by Gasteiger charge is 2.11. The molecule has 0 spiro atoms. The summed E-state index contributed by atoms with van der Waals surface area (Å²) in [7, 11) is 0. The number of nitrogens with one attached hydrogen (secondary N) is 2. The number of ether oxygens (including phenoxy) is 1. The number of rotatable bonds is 6. The number of amides is 1. The molecule has 0 saturated carbocycles. The number of hydrogen-bond acceptors (Lipinski definition) is 6. The number of aryl methyl sites for hydroxylation is 2. The average molecular weight is 390 g/mol. The summed E-state index contributed by atoms with van der Waals surface area (Å²) in [6, 6.07) is 14.0. The summed E-state index contributed by atoms with van der Waals surface area (Å²) in [6.07, 6.45) is 1.53. The first kappa shape index (κ1) is 20.0. The quantitative estimate of drug-likeness (QED) is 0.611. The normalized spacial score (nSPS) is 10.3. The van der Waals surface area contributed by atoms with Crippen LogP contribution in [-0.2, 0) is 4.74 Å². The predicted octanol–water partition coefficient (Wildman–Crippen LogP) is 4.27. The van der Waals surface area contributed by atoms with E-state index < -0.39 is 5.97 Å². The minimum absolute atomic E-state index is 0.224. The van der Waals surface area contributed by atoms with E-state index in [-0.39, 0.29) is 11.6 Å². The van der Waals surface area contributed by atoms with Crippen LogP contribution in [-0.4, -0.2) is 28.5 Å². The van der Waals surface area contributed by atoms with Gasteiger partial charge in [0, 0.05) is 17.6 Å². The highest BCUT2D eigenvalue weighted by atomic mass is 16.5. The van der Waals surface area contributed by atoms with E-state index in [4.69, 9.17) is 4.74 Å². The first-order valence-electron chi connectivity index (χ1n) is 9.22. The van der Waals surface area contributed by atoms with Gasteiger partial charge in [-0.15, -0.1) is 0 Å². The Hall–Kier alpha value is -3.74. The molecule has 3 rings (SSSR count). The zero-order chi connectivity index (χ0) is 20.8. The van der Waals surface area contributed by atoms with Gasteiger partial charge in [0.15, 0.2) is 0 Å². The van der Waals surface area contributed by atoms with E-state index >= 15 is 0 Å². The van der Waals surface area contributed by atoms with E-state index in [1.54, 1.807) is 31.2 Å². The lowest BCUT2D eigenvalue weighted by molar-refractivity contribution is 0.0526. The van der Waals surface area contributed by atoms with Crippen LogP contribution in [0.2, 0.25) is 0 Å². The van der Waals surface area contributed by atoms with Crippen molar-refractivity contribution >= 4 is 29.2 Å². The Morgan fingerprint density at radius 2 is 1.79 bits per heavy atom. The smallest absolute Gasteiger partial charge is 0.338 e. The van der Waals surface area contributed by atoms with Gasteiger partial charge in [0.05, 0.1) is 12.2 Å². The van der Waals surface area contributed by atoms with Crippen molar-refractivity contribution in [2.45, 2.75) is 20.8 Å². The maximum absolute atomic E-state index is 12.5. The van der Waals surface area contributed by atoms with Crippen LogP contribution in [0.25, 0.3) is 0 Å². The molecule has 0 atom stereocenters. The second-order valence-corrected chi connectivity index (χ2v) is 6.46. The number of anilines is 3. The monoisotopic (exact) mass is 390 g/mol. The Kier molecular flexibility index (Phi) is 6.19. The Morgan fingerprint density at radius 1 is 1.03 bits per heavy atom. The van der Waals surface area contributed by atoms with Gasteiger partial charge >= 0.3 is 5.97 Å². The lowest BCUT2D eigenvalue weighted by atomic mass is 10.1. The summed E-state index contributed by atoms with van der Waals surface area (Å²) in [4.78, 5) is 32.7. The molecule has 1 heterocycles. The number of nitrogens with zero attached hydrogens (tertiary/aromatic N) is 2. The molecule has 0 aliphatic carbocycles. The van der Waals surface area contributed by atoms with Crippen LogP contribution in [0.1, 0.15) is 38.9 Å². The van der Waals surface area contributed by atoms with Crippen molar-refractivity contribution in [3.63, 3.8) is 0 Å². The molecule has 0 unspecified atom stereocenters. The van der Waals surface area contributed by atoms with Gasteiger partial charge < -0.3 is 15.4 Å². The SMILES string of the molecule is CCOC(=O)c1ccc(NC(=O)c2ccnc(Nc3ccc(C)cc3C)n2)cc1. The Labute approximate surface area is 169 Å². The Balaban J connectivity index is 1.70. The summed E-state index contributed by atoms with van der Waals surface area (Å²) >= 11 is 0. The molecule has 0 saturated heterocycles. The van der Waals surface area contributed by atoms with Gasteiger partial charge in [-0.1, -0.05) is 17.7 Å². The number of carbonyl (C=O) groups is 2. The van der Waals surface area contributed by atoms with Crippen molar-refractivity contribution in [2.24, 2.45) is 0 Å². The molecular weight excluding hydrogens is 368 g/mol. The largest absolute Gasteiger partial charge is 0.462 e. The summed E-state index contributed by atoms with van der Waals surface area (Å²) < 4.78 is 4.94. The van der Waals surface area contributed by atoms with Crippen LogP contribution in [0.4, 0.5) is 17.3 Å². The molecule has 7 nitrogen and oxygen atoms in total. The third-order valence-electron chi connectivity index (χ3n) is 4.17. The average Bonchev–Trinajstić information content (AvgIpc) is 2.71. The van der Waals surface area contributed by atoms with Gasteiger partial charge in [0.1, 0.15) is 5.69 Å². The van der Waals surface area contributed by atoms with Crippen LogP contribution in [0.15, 0.2) is 54.7 Å². The standard InChI is InChI=1S/C22H22N4O3/c1-4-29-21(28)16-6-8-17(9-7-16)24-20(27)19-11-12-23-22(26-19)25-18-10-5-14(2)13-15(18)3/h5-13H,4H2,1-3H3,(H,24,27)(H,23,25,26).